The molecule has 0 aliphatic carbocycles. The van der Waals surface area contributed by atoms with E-state index in [4.69, 9.17) is 4.74 Å². The van der Waals surface area contributed by atoms with E-state index in [0.717, 1.165) is 26.2 Å². The standard InChI is InChI=1S/C12H23N3O3S/c16-19(17,12-1-7-18-8-2-12)15-5-3-14(4-6-15)11-9-13-10-11/h11-13H,1-10H2. The van der Waals surface area contributed by atoms with E-state index in [2.05, 4.69) is 10.2 Å². The number of ether oxygens (including phenoxy) is 1. The summed E-state index contributed by atoms with van der Waals surface area (Å²) < 4.78 is 32.0. The number of nitrogens with one attached hydrogen (secondary N) is 1. The maximum absolute atomic E-state index is 12.5. The summed E-state index contributed by atoms with van der Waals surface area (Å²) >= 11 is 0. The van der Waals surface area contributed by atoms with Gasteiger partial charge in [-0.2, -0.15) is 4.31 Å². The molecule has 3 heterocycles. The first-order valence-corrected chi connectivity index (χ1v) is 8.70. The second kappa shape index (κ2) is 5.65. The molecule has 0 aromatic rings. The summed E-state index contributed by atoms with van der Waals surface area (Å²) in [6.07, 6.45) is 1.30. The van der Waals surface area contributed by atoms with Gasteiger partial charge in [-0.05, 0) is 12.8 Å². The first-order valence-electron chi connectivity index (χ1n) is 7.19. The average Bonchev–Trinajstić information content (AvgIpc) is 2.38. The number of sulfonamides is 1. The van der Waals surface area contributed by atoms with E-state index in [1.807, 2.05) is 0 Å². The number of nitrogens with zero attached hydrogens (tertiary/aromatic N) is 2. The number of hydrogen-bond donors (Lipinski definition) is 1. The van der Waals surface area contributed by atoms with E-state index in [-0.39, 0.29) is 5.25 Å². The van der Waals surface area contributed by atoms with Crippen LogP contribution in [0, 0.1) is 0 Å². The third-order valence-corrected chi connectivity index (χ3v) is 6.90. The zero-order valence-electron chi connectivity index (χ0n) is 11.3. The van der Waals surface area contributed by atoms with Gasteiger partial charge in [-0.1, -0.05) is 0 Å². The van der Waals surface area contributed by atoms with E-state index >= 15 is 0 Å². The summed E-state index contributed by atoms with van der Waals surface area (Å²) in [6, 6.07) is 0.618. The second-order valence-electron chi connectivity index (χ2n) is 5.60. The van der Waals surface area contributed by atoms with E-state index in [1.165, 1.54) is 0 Å². The molecular formula is C12H23N3O3S. The lowest BCUT2D eigenvalue weighted by Crippen LogP contribution is -2.62. The number of piperazine rings is 1. The Hall–Kier alpha value is -0.210. The van der Waals surface area contributed by atoms with Crippen molar-refractivity contribution in [1.82, 2.24) is 14.5 Å². The van der Waals surface area contributed by atoms with Crippen molar-refractivity contribution >= 4 is 10.0 Å². The first kappa shape index (κ1) is 13.8. The van der Waals surface area contributed by atoms with Gasteiger partial charge in [0.2, 0.25) is 10.0 Å². The van der Waals surface area contributed by atoms with Gasteiger partial charge in [0, 0.05) is 58.5 Å². The van der Waals surface area contributed by atoms with Crippen LogP contribution in [-0.2, 0) is 14.8 Å². The van der Waals surface area contributed by atoms with E-state index in [0.29, 0.717) is 45.2 Å². The van der Waals surface area contributed by atoms with Crippen LogP contribution in [0.2, 0.25) is 0 Å². The molecule has 3 aliphatic heterocycles. The average molecular weight is 289 g/mol. The quantitative estimate of drug-likeness (QED) is 0.728. The Morgan fingerprint density at radius 2 is 1.63 bits per heavy atom. The van der Waals surface area contributed by atoms with Gasteiger partial charge in [0.25, 0.3) is 0 Å². The molecule has 3 aliphatic rings. The van der Waals surface area contributed by atoms with Crippen molar-refractivity contribution in [3.05, 3.63) is 0 Å². The molecule has 0 spiro atoms. The van der Waals surface area contributed by atoms with Crippen LogP contribution in [0.25, 0.3) is 0 Å². The normalized spacial score (nSPS) is 29.3. The summed E-state index contributed by atoms with van der Waals surface area (Å²) in [6.45, 7) is 6.30. The van der Waals surface area contributed by atoms with Gasteiger partial charge in [0.05, 0.1) is 5.25 Å². The van der Waals surface area contributed by atoms with Crippen LogP contribution in [-0.4, -0.2) is 81.4 Å². The van der Waals surface area contributed by atoms with Crippen LogP contribution in [0.5, 0.6) is 0 Å². The highest BCUT2D eigenvalue weighted by Gasteiger charge is 2.36. The Labute approximate surface area is 115 Å². The molecular weight excluding hydrogens is 266 g/mol. The maximum Gasteiger partial charge on any atom is 0.217 e. The summed E-state index contributed by atoms with van der Waals surface area (Å²) in [5.74, 6) is 0. The van der Waals surface area contributed by atoms with Crippen molar-refractivity contribution in [2.75, 3.05) is 52.5 Å². The first-order chi connectivity index (χ1) is 9.18. The molecule has 7 heteroatoms. The fourth-order valence-corrected chi connectivity index (χ4v) is 4.92. The molecule has 0 bridgehead atoms. The molecule has 0 radical (unpaired) electrons. The van der Waals surface area contributed by atoms with Gasteiger partial charge in [-0.25, -0.2) is 8.42 Å². The number of rotatable bonds is 3. The van der Waals surface area contributed by atoms with Crippen LogP contribution in [0.1, 0.15) is 12.8 Å². The van der Waals surface area contributed by atoms with Crippen LogP contribution >= 0.6 is 0 Å². The third kappa shape index (κ3) is 2.80. The van der Waals surface area contributed by atoms with Crippen LogP contribution in [0.3, 0.4) is 0 Å². The highest BCUT2D eigenvalue weighted by atomic mass is 32.2. The molecule has 0 aromatic heterocycles. The van der Waals surface area contributed by atoms with E-state index in [9.17, 15) is 8.42 Å². The van der Waals surface area contributed by atoms with Crippen LogP contribution < -0.4 is 5.32 Å². The predicted molar refractivity (Wildman–Crippen MR) is 72.6 cm³/mol. The maximum atomic E-state index is 12.5. The molecule has 0 aromatic carbocycles. The number of hydrogen-bond acceptors (Lipinski definition) is 5. The molecule has 3 rings (SSSR count). The molecule has 0 atom stereocenters. The Balaban J connectivity index is 1.57. The van der Waals surface area contributed by atoms with Crippen molar-refractivity contribution < 1.29 is 13.2 Å². The lowest BCUT2D eigenvalue weighted by molar-refractivity contribution is 0.0908. The van der Waals surface area contributed by atoms with Crippen molar-refractivity contribution in [1.29, 1.82) is 0 Å². The van der Waals surface area contributed by atoms with Crippen molar-refractivity contribution in [3.8, 4) is 0 Å². The fourth-order valence-electron chi connectivity index (χ4n) is 3.04. The topological polar surface area (TPSA) is 61.9 Å². The Kier molecular flexibility index (Phi) is 4.09. The third-order valence-electron chi connectivity index (χ3n) is 4.50. The molecule has 3 fully saturated rings. The lowest BCUT2D eigenvalue weighted by Gasteiger charge is -2.43. The van der Waals surface area contributed by atoms with Crippen LogP contribution in [0.4, 0.5) is 0 Å². The van der Waals surface area contributed by atoms with Gasteiger partial charge in [0.15, 0.2) is 0 Å². The smallest absolute Gasteiger partial charge is 0.217 e. The van der Waals surface area contributed by atoms with Gasteiger partial charge >= 0.3 is 0 Å². The lowest BCUT2D eigenvalue weighted by atomic mass is 10.1. The van der Waals surface area contributed by atoms with Crippen molar-refractivity contribution in [2.45, 2.75) is 24.1 Å². The van der Waals surface area contributed by atoms with Crippen LogP contribution in [0.15, 0.2) is 0 Å². The molecule has 1 N–H and O–H groups in total. The summed E-state index contributed by atoms with van der Waals surface area (Å²) in [7, 11) is -3.11. The minimum atomic E-state index is -3.11. The molecule has 0 unspecified atom stereocenters. The SMILES string of the molecule is O=S(=O)(C1CCOCC1)N1CCN(C2CNC2)CC1. The summed E-state index contributed by atoms with van der Waals surface area (Å²) in [4.78, 5) is 2.41. The molecule has 110 valence electrons. The Bertz CT molecular complexity index is 396. The van der Waals surface area contributed by atoms with Crippen molar-refractivity contribution in [3.63, 3.8) is 0 Å². The fraction of sp³-hybridized carbons (Fsp3) is 1.00. The highest BCUT2D eigenvalue weighted by Crippen LogP contribution is 2.21. The second-order valence-corrected chi connectivity index (χ2v) is 7.82. The van der Waals surface area contributed by atoms with Gasteiger partial charge < -0.3 is 10.1 Å². The minimum absolute atomic E-state index is 0.224. The predicted octanol–water partition coefficient (Wildman–Crippen LogP) is -0.915. The van der Waals surface area contributed by atoms with Gasteiger partial charge in [-0.15, -0.1) is 0 Å². The molecule has 0 amide bonds. The molecule has 19 heavy (non-hydrogen) atoms. The monoisotopic (exact) mass is 289 g/mol. The summed E-state index contributed by atoms with van der Waals surface area (Å²) in [5.41, 5.74) is 0. The van der Waals surface area contributed by atoms with E-state index < -0.39 is 10.0 Å². The highest BCUT2D eigenvalue weighted by molar-refractivity contribution is 7.89. The Morgan fingerprint density at radius 3 is 2.16 bits per heavy atom. The van der Waals surface area contributed by atoms with Gasteiger partial charge in [-0.3, -0.25) is 4.90 Å². The minimum Gasteiger partial charge on any atom is -0.381 e. The molecule has 3 saturated heterocycles. The zero-order chi connectivity index (χ0) is 13.3. The molecule has 6 nitrogen and oxygen atoms in total. The zero-order valence-corrected chi connectivity index (χ0v) is 12.1. The van der Waals surface area contributed by atoms with E-state index in [1.54, 1.807) is 4.31 Å². The molecule has 0 saturated carbocycles. The summed E-state index contributed by atoms with van der Waals surface area (Å²) in [5, 5.41) is 3.04. The largest absolute Gasteiger partial charge is 0.381 e. The Morgan fingerprint density at radius 1 is 1.00 bits per heavy atom. The van der Waals surface area contributed by atoms with Gasteiger partial charge in [0.1, 0.15) is 0 Å². The van der Waals surface area contributed by atoms with Crippen molar-refractivity contribution in [2.24, 2.45) is 0 Å².